The first-order valence-electron chi connectivity index (χ1n) is 13.5. The average Bonchev–Trinajstić information content (AvgIpc) is 3.45. The molecule has 0 saturated carbocycles. The fraction of sp³-hybridized carbons (Fsp3) is 0.571. The van der Waals surface area contributed by atoms with E-state index in [2.05, 4.69) is 30.8 Å². The van der Waals surface area contributed by atoms with Gasteiger partial charge in [0.05, 0.1) is 17.9 Å². The molecule has 0 bridgehead atoms. The number of ether oxygens (including phenoxy) is 1. The summed E-state index contributed by atoms with van der Waals surface area (Å²) in [7, 11) is -2.25. The highest BCUT2D eigenvalue weighted by atomic mass is 32.2. The number of rotatable bonds is 9. The van der Waals surface area contributed by atoms with Crippen LogP contribution in [-0.4, -0.2) is 68.5 Å². The van der Waals surface area contributed by atoms with Gasteiger partial charge < -0.3 is 15.0 Å². The van der Waals surface area contributed by atoms with Crippen LogP contribution in [0, 0.1) is 17.7 Å². The molecule has 1 amide bonds. The van der Waals surface area contributed by atoms with E-state index in [0.29, 0.717) is 61.4 Å². The number of carbonyl (C=O) groups is 1. The van der Waals surface area contributed by atoms with Crippen LogP contribution < -0.4 is 19.7 Å². The minimum atomic E-state index is -4.04. The number of nitrogens with one attached hydrogen (secondary N) is 2. The summed E-state index contributed by atoms with van der Waals surface area (Å²) in [5, 5.41) is 3.08. The van der Waals surface area contributed by atoms with Crippen molar-refractivity contribution >= 4 is 21.9 Å². The second kappa shape index (κ2) is 11.4. The SMILES string of the molecule is CNC1CCN(S(=O)(=O)NC(=O)c2ccc(-c3cc(F)cc(OCC(C)C)c3)nc2N2CC(C)CC2(C)C)C1. The quantitative estimate of drug-likeness (QED) is 0.480. The van der Waals surface area contributed by atoms with Crippen molar-refractivity contribution in [2.75, 3.05) is 38.2 Å². The van der Waals surface area contributed by atoms with E-state index in [1.807, 2.05) is 18.7 Å². The number of halogens is 1. The van der Waals surface area contributed by atoms with Gasteiger partial charge in [-0.1, -0.05) is 20.8 Å². The first-order valence-corrected chi connectivity index (χ1v) is 14.9. The number of hydrogen-bond donors (Lipinski definition) is 2. The number of amides is 1. The van der Waals surface area contributed by atoms with Gasteiger partial charge in [0.25, 0.3) is 5.91 Å². The molecular formula is C28H40FN5O4S. The van der Waals surface area contributed by atoms with Crippen molar-refractivity contribution in [3.63, 3.8) is 0 Å². The van der Waals surface area contributed by atoms with Crippen molar-refractivity contribution in [2.24, 2.45) is 11.8 Å². The lowest BCUT2D eigenvalue weighted by atomic mass is 9.97. The number of likely N-dealkylation sites (N-methyl/N-ethyl adjacent to an activating group) is 1. The molecule has 1 aromatic heterocycles. The highest BCUT2D eigenvalue weighted by Gasteiger charge is 2.40. The van der Waals surface area contributed by atoms with E-state index in [4.69, 9.17) is 9.72 Å². The molecule has 1 aromatic carbocycles. The Balaban J connectivity index is 1.71. The summed E-state index contributed by atoms with van der Waals surface area (Å²) in [6, 6.07) is 7.67. The van der Waals surface area contributed by atoms with Gasteiger partial charge in [0, 0.05) is 42.8 Å². The first-order chi connectivity index (χ1) is 18.3. The summed E-state index contributed by atoms with van der Waals surface area (Å²) in [5.41, 5.74) is 0.808. The smallest absolute Gasteiger partial charge is 0.304 e. The molecule has 214 valence electrons. The number of aromatic nitrogens is 1. The van der Waals surface area contributed by atoms with Gasteiger partial charge in [-0.15, -0.1) is 0 Å². The lowest BCUT2D eigenvalue weighted by molar-refractivity contribution is 0.0979. The van der Waals surface area contributed by atoms with Crippen LogP contribution in [0.3, 0.4) is 0 Å². The summed E-state index contributed by atoms with van der Waals surface area (Å²) in [6.07, 6.45) is 1.55. The second-order valence-corrected chi connectivity index (χ2v) is 13.4. The van der Waals surface area contributed by atoms with Crippen molar-refractivity contribution < 1.29 is 22.3 Å². The van der Waals surface area contributed by atoms with Crippen LogP contribution in [0.2, 0.25) is 0 Å². The van der Waals surface area contributed by atoms with Crippen LogP contribution >= 0.6 is 0 Å². The zero-order chi connectivity index (χ0) is 28.5. The Kier molecular flexibility index (Phi) is 8.53. The summed E-state index contributed by atoms with van der Waals surface area (Å²) in [4.78, 5) is 20.3. The Morgan fingerprint density at radius 2 is 1.97 bits per heavy atom. The molecule has 2 saturated heterocycles. The van der Waals surface area contributed by atoms with Gasteiger partial charge in [-0.05, 0) is 69.8 Å². The normalized spacial score (nSPS) is 21.5. The van der Waals surface area contributed by atoms with Crippen LogP contribution in [0.1, 0.15) is 57.8 Å². The Labute approximate surface area is 231 Å². The van der Waals surface area contributed by atoms with E-state index in [0.717, 1.165) is 6.42 Å². The summed E-state index contributed by atoms with van der Waals surface area (Å²) in [6.45, 7) is 12.0. The number of benzene rings is 1. The number of nitrogens with zero attached hydrogens (tertiary/aromatic N) is 3. The zero-order valence-corrected chi connectivity index (χ0v) is 24.4. The Morgan fingerprint density at radius 1 is 1.23 bits per heavy atom. The average molecular weight is 562 g/mol. The predicted molar refractivity (Wildman–Crippen MR) is 151 cm³/mol. The molecule has 2 atom stereocenters. The zero-order valence-electron chi connectivity index (χ0n) is 23.6. The number of carbonyl (C=O) groups excluding carboxylic acids is 1. The van der Waals surface area contributed by atoms with Gasteiger partial charge in [0.1, 0.15) is 17.4 Å². The Morgan fingerprint density at radius 3 is 2.59 bits per heavy atom. The molecule has 2 unspecified atom stereocenters. The maximum Gasteiger partial charge on any atom is 0.304 e. The molecule has 2 aliphatic heterocycles. The molecule has 4 rings (SSSR count). The van der Waals surface area contributed by atoms with Crippen molar-refractivity contribution in [3.8, 4) is 17.0 Å². The maximum absolute atomic E-state index is 14.5. The minimum Gasteiger partial charge on any atom is -0.493 e. The Hall–Kier alpha value is -2.76. The third kappa shape index (κ3) is 6.70. The molecule has 39 heavy (non-hydrogen) atoms. The van der Waals surface area contributed by atoms with Crippen molar-refractivity contribution in [1.29, 1.82) is 0 Å². The van der Waals surface area contributed by atoms with Crippen LogP contribution in [0.15, 0.2) is 30.3 Å². The van der Waals surface area contributed by atoms with E-state index in [-0.39, 0.29) is 23.1 Å². The third-order valence-corrected chi connectivity index (χ3v) is 8.77. The maximum atomic E-state index is 14.5. The van der Waals surface area contributed by atoms with E-state index < -0.39 is 21.9 Å². The van der Waals surface area contributed by atoms with Gasteiger partial charge in [-0.2, -0.15) is 12.7 Å². The topological polar surface area (TPSA) is 104 Å². The summed E-state index contributed by atoms with van der Waals surface area (Å²) >= 11 is 0. The number of hydrogen-bond acceptors (Lipinski definition) is 7. The second-order valence-electron chi connectivity index (χ2n) is 11.7. The predicted octanol–water partition coefficient (Wildman–Crippen LogP) is 3.82. The third-order valence-electron chi connectivity index (χ3n) is 7.32. The van der Waals surface area contributed by atoms with Gasteiger partial charge in [0.15, 0.2) is 0 Å². The molecule has 11 heteroatoms. The molecule has 0 spiro atoms. The van der Waals surface area contributed by atoms with Gasteiger partial charge in [0.2, 0.25) is 0 Å². The van der Waals surface area contributed by atoms with Gasteiger partial charge >= 0.3 is 10.2 Å². The first kappa shape index (κ1) is 29.2. The van der Waals surface area contributed by atoms with E-state index in [1.165, 1.54) is 16.4 Å². The van der Waals surface area contributed by atoms with Crippen molar-refractivity contribution in [3.05, 3.63) is 41.7 Å². The summed E-state index contributed by atoms with van der Waals surface area (Å²) < 4.78 is 49.9. The van der Waals surface area contributed by atoms with Crippen LogP contribution in [0.25, 0.3) is 11.3 Å². The molecule has 2 aliphatic rings. The fourth-order valence-electron chi connectivity index (χ4n) is 5.43. The minimum absolute atomic E-state index is 0.0424. The molecule has 2 aromatic rings. The van der Waals surface area contributed by atoms with Crippen LogP contribution in [-0.2, 0) is 10.2 Å². The molecule has 2 fully saturated rings. The molecule has 3 heterocycles. The van der Waals surface area contributed by atoms with Gasteiger partial charge in [-0.3, -0.25) is 4.79 Å². The molecule has 2 N–H and O–H groups in total. The largest absolute Gasteiger partial charge is 0.493 e. The van der Waals surface area contributed by atoms with Gasteiger partial charge in [-0.25, -0.2) is 14.1 Å². The van der Waals surface area contributed by atoms with E-state index in [9.17, 15) is 17.6 Å². The van der Waals surface area contributed by atoms with Crippen molar-refractivity contribution in [1.82, 2.24) is 19.3 Å². The van der Waals surface area contributed by atoms with Crippen LogP contribution in [0.5, 0.6) is 5.75 Å². The monoisotopic (exact) mass is 561 g/mol. The highest BCUT2D eigenvalue weighted by Crippen LogP contribution is 2.38. The van der Waals surface area contributed by atoms with E-state index in [1.54, 1.807) is 25.2 Å². The fourth-order valence-corrected chi connectivity index (χ4v) is 6.62. The van der Waals surface area contributed by atoms with Crippen LogP contribution in [0.4, 0.5) is 10.2 Å². The number of pyridine rings is 1. The van der Waals surface area contributed by atoms with E-state index >= 15 is 0 Å². The molecular weight excluding hydrogens is 521 g/mol. The lowest BCUT2D eigenvalue weighted by Gasteiger charge is -2.34. The lowest BCUT2D eigenvalue weighted by Crippen LogP contribution is -2.45. The summed E-state index contributed by atoms with van der Waals surface area (Å²) in [5.74, 6) is 0.196. The number of anilines is 1. The highest BCUT2D eigenvalue weighted by molar-refractivity contribution is 7.87. The Bertz CT molecular complexity index is 1320. The molecule has 9 nitrogen and oxygen atoms in total. The molecule has 0 radical (unpaired) electrons. The van der Waals surface area contributed by atoms with Crippen molar-refractivity contribution in [2.45, 2.75) is 59.0 Å². The standard InChI is InChI=1S/C28H40FN5O4S/c1-18(2)17-38-23-12-20(11-21(29)13-23)25-8-7-24(26(31-25)34-15-19(3)14-28(34,4)5)27(35)32-39(36,37)33-10-9-22(16-33)30-6/h7-8,11-13,18-19,22,30H,9-10,14-17H2,1-6H3,(H,32,35). The molecule has 0 aliphatic carbocycles.